The molecule has 0 aliphatic carbocycles. The average Bonchev–Trinajstić information content (AvgIpc) is 2.23. The van der Waals surface area contributed by atoms with Crippen LogP contribution in [0, 0.1) is 16.0 Å². The van der Waals surface area contributed by atoms with Gasteiger partial charge < -0.3 is 10.3 Å². The molecule has 1 aromatic rings. The largest absolute Gasteiger partial charge is 0.330 e. The summed E-state index contributed by atoms with van der Waals surface area (Å²) in [5.41, 5.74) is 5.04. The summed E-state index contributed by atoms with van der Waals surface area (Å²) in [6.45, 7) is 2.67. The number of rotatable bonds is 4. The van der Waals surface area contributed by atoms with E-state index in [1.54, 1.807) is 0 Å². The molecule has 1 unspecified atom stereocenters. The SMILES string of the molecule is CC(CN)Cn1cc([N+](=O)[O-])cc(Br)c1=O. The zero-order chi connectivity index (χ0) is 12.3. The predicted molar refractivity (Wildman–Crippen MR) is 63.3 cm³/mol. The Morgan fingerprint density at radius 1 is 1.69 bits per heavy atom. The molecule has 1 heterocycles. The third-order valence-electron chi connectivity index (χ3n) is 2.15. The van der Waals surface area contributed by atoms with Crippen LogP contribution >= 0.6 is 15.9 Å². The van der Waals surface area contributed by atoms with Crippen molar-refractivity contribution in [3.63, 3.8) is 0 Å². The Labute approximate surface area is 100 Å². The summed E-state index contributed by atoms with van der Waals surface area (Å²) in [6, 6.07) is 1.20. The first kappa shape index (κ1) is 12.9. The Hall–Kier alpha value is -1.21. The predicted octanol–water partition coefficient (Wildman–Crippen LogP) is 1.11. The molecule has 1 rings (SSSR count). The van der Waals surface area contributed by atoms with Gasteiger partial charge >= 0.3 is 0 Å². The van der Waals surface area contributed by atoms with E-state index in [4.69, 9.17) is 5.73 Å². The number of hydrogen-bond acceptors (Lipinski definition) is 4. The highest BCUT2D eigenvalue weighted by Gasteiger charge is 2.13. The van der Waals surface area contributed by atoms with Gasteiger partial charge in [0.25, 0.3) is 11.2 Å². The minimum atomic E-state index is -0.534. The molecule has 0 saturated heterocycles. The van der Waals surface area contributed by atoms with Crippen LogP contribution in [0.1, 0.15) is 6.92 Å². The fraction of sp³-hybridized carbons (Fsp3) is 0.444. The fourth-order valence-electron chi connectivity index (χ4n) is 1.23. The molecule has 6 nitrogen and oxygen atoms in total. The van der Waals surface area contributed by atoms with Gasteiger partial charge in [0, 0.05) is 12.6 Å². The molecule has 1 aromatic heterocycles. The zero-order valence-corrected chi connectivity index (χ0v) is 10.3. The van der Waals surface area contributed by atoms with Crippen LogP contribution in [-0.4, -0.2) is 16.0 Å². The van der Waals surface area contributed by atoms with Crippen molar-refractivity contribution in [3.8, 4) is 0 Å². The van der Waals surface area contributed by atoms with Crippen molar-refractivity contribution in [1.82, 2.24) is 4.57 Å². The molecule has 0 aromatic carbocycles. The molecule has 7 heteroatoms. The van der Waals surface area contributed by atoms with E-state index in [2.05, 4.69) is 15.9 Å². The number of nitro groups is 1. The van der Waals surface area contributed by atoms with Crippen LogP contribution < -0.4 is 11.3 Å². The lowest BCUT2D eigenvalue weighted by atomic mass is 10.2. The number of halogens is 1. The maximum absolute atomic E-state index is 11.6. The van der Waals surface area contributed by atoms with Gasteiger partial charge in [-0.2, -0.15) is 0 Å². The molecule has 0 fully saturated rings. The van der Waals surface area contributed by atoms with E-state index < -0.39 is 4.92 Å². The Morgan fingerprint density at radius 2 is 2.31 bits per heavy atom. The molecule has 2 N–H and O–H groups in total. The molecule has 16 heavy (non-hydrogen) atoms. The first-order valence-electron chi connectivity index (χ1n) is 4.70. The highest BCUT2D eigenvalue weighted by Crippen LogP contribution is 2.14. The Balaban J connectivity index is 3.17. The molecule has 0 spiro atoms. The molecular weight excluding hydrogens is 278 g/mol. The van der Waals surface area contributed by atoms with E-state index in [1.807, 2.05) is 6.92 Å². The van der Waals surface area contributed by atoms with Crippen LogP contribution in [0.2, 0.25) is 0 Å². The van der Waals surface area contributed by atoms with E-state index in [-0.39, 0.29) is 21.6 Å². The van der Waals surface area contributed by atoms with Crippen LogP contribution in [-0.2, 0) is 6.54 Å². The van der Waals surface area contributed by atoms with Crippen molar-refractivity contribution in [2.45, 2.75) is 13.5 Å². The smallest absolute Gasteiger partial charge is 0.286 e. The number of hydrogen-bond donors (Lipinski definition) is 1. The minimum Gasteiger partial charge on any atom is -0.330 e. The van der Waals surface area contributed by atoms with Gasteiger partial charge in [-0.1, -0.05) is 6.92 Å². The third kappa shape index (κ3) is 2.89. The lowest BCUT2D eigenvalue weighted by Gasteiger charge is -2.10. The van der Waals surface area contributed by atoms with Crippen molar-refractivity contribution < 1.29 is 4.92 Å². The van der Waals surface area contributed by atoms with Crippen LogP contribution in [0.5, 0.6) is 0 Å². The summed E-state index contributed by atoms with van der Waals surface area (Å²) >= 11 is 3.01. The second-order valence-electron chi connectivity index (χ2n) is 3.60. The van der Waals surface area contributed by atoms with Gasteiger partial charge in [-0.05, 0) is 28.4 Å². The summed E-state index contributed by atoms with van der Waals surface area (Å²) in [7, 11) is 0. The summed E-state index contributed by atoms with van der Waals surface area (Å²) in [6.07, 6.45) is 1.24. The molecule has 88 valence electrons. The van der Waals surface area contributed by atoms with Gasteiger partial charge in [0.1, 0.15) is 0 Å². The highest BCUT2D eigenvalue weighted by atomic mass is 79.9. The molecule has 0 amide bonds. The van der Waals surface area contributed by atoms with E-state index in [0.717, 1.165) is 0 Å². The lowest BCUT2D eigenvalue weighted by Crippen LogP contribution is -2.26. The van der Waals surface area contributed by atoms with Crippen molar-refractivity contribution >= 4 is 21.6 Å². The quantitative estimate of drug-likeness (QED) is 0.664. The second kappa shape index (κ2) is 5.22. The molecular formula is C9H12BrN3O3. The number of nitrogens with two attached hydrogens (primary N) is 1. The van der Waals surface area contributed by atoms with Crippen molar-refractivity contribution in [2.75, 3.05) is 6.54 Å². The molecule has 0 bridgehead atoms. The van der Waals surface area contributed by atoms with Crippen LogP contribution in [0.25, 0.3) is 0 Å². The summed E-state index contributed by atoms with van der Waals surface area (Å²) < 4.78 is 1.49. The molecule has 0 radical (unpaired) electrons. The van der Waals surface area contributed by atoms with E-state index in [1.165, 1.54) is 16.8 Å². The molecule has 0 saturated carbocycles. The van der Waals surface area contributed by atoms with Gasteiger partial charge in [0.05, 0.1) is 15.6 Å². The van der Waals surface area contributed by atoms with Gasteiger partial charge in [-0.15, -0.1) is 0 Å². The third-order valence-corrected chi connectivity index (χ3v) is 2.72. The van der Waals surface area contributed by atoms with E-state index in [0.29, 0.717) is 13.1 Å². The Bertz CT molecular complexity index is 458. The summed E-state index contributed by atoms with van der Waals surface area (Å²) in [4.78, 5) is 21.7. The maximum atomic E-state index is 11.6. The van der Waals surface area contributed by atoms with Crippen LogP contribution in [0.3, 0.4) is 0 Å². The first-order valence-corrected chi connectivity index (χ1v) is 5.49. The van der Waals surface area contributed by atoms with Crippen molar-refractivity contribution in [2.24, 2.45) is 11.7 Å². The van der Waals surface area contributed by atoms with Gasteiger partial charge in [0.2, 0.25) is 0 Å². The highest BCUT2D eigenvalue weighted by molar-refractivity contribution is 9.10. The summed E-state index contributed by atoms with van der Waals surface area (Å²) in [5.74, 6) is 0.0894. The Kier molecular flexibility index (Phi) is 4.19. The molecule has 1 atom stereocenters. The summed E-state index contributed by atoms with van der Waals surface area (Å²) in [5, 5.41) is 10.6. The average molecular weight is 290 g/mol. The lowest BCUT2D eigenvalue weighted by molar-refractivity contribution is -0.385. The fourth-order valence-corrected chi connectivity index (χ4v) is 1.69. The molecule has 0 aliphatic rings. The van der Waals surface area contributed by atoms with Gasteiger partial charge in [-0.3, -0.25) is 14.9 Å². The minimum absolute atomic E-state index is 0.0894. The maximum Gasteiger partial charge on any atom is 0.286 e. The van der Waals surface area contributed by atoms with E-state index in [9.17, 15) is 14.9 Å². The van der Waals surface area contributed by atoms with Gasteiger partial charge in [0.15, 0.2) is 0 Å². The first-order chi connectivity index (χ1) is 7.45. The Morgan fingerprint density at radius 3 is 2.81 bits per heavy atom. The zero-order valence-electron chi connectivity index (χ0n) is 8.72. The van der Waals surface area contributed by atoms with Gasteiger partial charge in [-0.25, -0.2) is 0 Å². The van der Waals surface area contributed by atoms with E-state index >= 15 is 0 Å². The number of aromatic nitrogens is 1. The number of pyridine rings is 1. The van der Waals surface area contributed by atoms with Crippen molar-refractivity contribution in [3.05, 3.63) is 37.2 Å². The monoisotopic (exact) mass is 289 g/mol. The number of nitrogens with zero attached hydrogens (tertiary/aromatic N) is 2. The standard InChI is InChI=1S/C9H12BrN3O3/c1-6(3-11)4-12-5-7(13(15)16)2-8(10)9(12)14/h2,5-6H,3-4,11H2,1H3. The molecule has 0 aliphatic heterocycles. The topological polar surface area (TPSA) is 91.2 Å². The van der Waals surface area contributed by atoms with Crippen LogP contribution in [0.15, 0.2) is 21.5 Å². The van der Waals surface area contributed by atoms with Crippen molar-refractivity contribution in [1.29, 1.82) is 0 Å². The normalized spacial score (nSPS) is 12.4. The van der Waals surface area contributed by atoms with Crippen LogP contribution in [0.4, 0.5) is 5.69 Å². The second-order valence-corrected chi connectivity index (χ2v) is 4.46.